The number of aliphatic hydroxyl groups excluding tert-OH is 1. The first-order valence-electron chi connectivity index (χ1n) is 6.83. The minimum Gasteiger partial charge on any atom is -0.493 e. The summed E-state index contributed by atoms with van der Waals surface area (Å²) in [5, 5.41) is 9.29. The van der Waals surface area contributed by atoms with E-state index in [2.05, 4.69) is 6.92 Å². The Hall–Kier alpha value is -1.22. The zero-order valence-corrected chi connectivity index (χ0v) is 11.0. The molecule has 0 amide bonds. The van der Waals surface area contributed by atoms with Crippen molar-refractivity contribution < 1.29 is 14.6 Å². The minimum absolute atomic E-state index is 0.00677. The SMILES string of the molecule is CCCOc1ccc(CO)c(OCCC2CC2)c1. The first kappa shape index (κ1) is 13.2. The highest BCUT2D eigenvalue weighted by molar-refractivity contribution is 5.40. The molecule has 0 bridgehead atoms. The van der Waals surface area contributed by atoms with E-state index < -0.39 is 0 Å². The van der Waals surface area contributed by atoms with Crippen molar-refractivity contribution in [3.8, 4) is 11.5 Å². The van der Waals surface area contributed by atoms with Crippen LogP contribution in [0.5, 0.6) is 11.5 Å². The zero-order chi connectivity index (χ0) is 12.8. The van der Waals surface area contributed by atoms with Crippen molar-refractivity contribution in [1.82, 2.24) is 0 Å². The van der Waals surface area contributed by atoms with Gasteiger partial charge in [0.2, 0.25) is 0 Å². The highest BCUT2D eigenvalue weighted by Crippen LogP contribution is 2.33. The Kier molecular flexibility index (Phi) is 4.88. The summed E-state index contributed by atoms with van der Waals surface area (Å²) in [5.41, 5.74) is 0.828. The third-order valence-corrected chi connectivity index (χ3v) is 3.16. The molecule has 18 heavy (non-hydrogen) atoms. The molecule has 3 heteroatoms. The maximum absolute atomic E-state index is 9.29. The highest BCUT2D eigenvalue weighted by Gasteiger charge is 2.20. The highest BCUT2D eigenvalue weighted by atomic mass is 16.5. The van der Waals surface area contributed by atoms with Crippen molar-refractivity contribution >= 4 is 0 Å². The molecule has 1 aliphatic carbocycles. The molecule has 1 aromatic carbocycles. The molecule has 0 aromatic heterocycles. The molecule has 0 aliphatic heterocycles. The summed E-state index contributed by atoms with van der Waals surface area (Å²) in [7, 11) is 0. The summed E-state index contributed by atoms with van der Waals surface area (Å²) >= 11 is 0. The van der Waals surface area contributed by atoms with Crippen molar-refractivity contribution in [1.29, 1.82) is 0 Å². The molecule has 1 fully saturated rings. The molecule has 0 spiro atoms. The molecule has 0 unspecified atom stereocenters. The number of hydrogen-bond acceptors (Lipinski definition) is 3. The fourth-order valence-electron chi connectivity index (χ4n) is 1.85. The van der Waals surface area contributed by atoms with Crippen molar-refractivity contribution in [2.24, 2.45) is 5.92 Å². The van der Waals surface area contributed by atoms with E-state index >= 15 is 0 Å². The lowest BCUT2D eigenvalue weighted by Gasteiger charge is -2.12. The van der Waals surface area contributed by atoms with E-state index in [0.29, 0.717) is 6.61 Å². The summed E-state index contributed by atoms with van der Waals surface area (Å²) in [4.78, 5) is 0. The molecule has 1 aromatic rings. The molecule has 0 radical (unpaired) electrons. The lowest BCUT2D eigenvalue weighted by atomic mass is 10.2. The molecule has 1 aliphatic rings. The average molecular weight is 250 g/mol. The number of aliphatic hydroxyl groups is 1. The van der Waals surface area contributed by atoms with Crippen LogP contribution in [0.4, 0.5) is 0 Å². The maximum atomic E-state index is 9.29. The Balaban J connectivity index is 1.93. The van der Waals surface area contributed by atoms with E-state index in [4.69, 9.17) is 9.47 Å². The van der Waals surface area contributed by atoms with Crippen LogP contribution in [0.3, 0.4) is 0 Å². The monoisotopic (exact) mass is 250 g/mol. The predicted octanol–water partition coefficient (Wildman–Crippen LogP) is 3.15. The lowest BCUT2D eigenvalue weighted by Crippen LogP contribution is -2.02. The minimum atomic E-state index is 0.00677. The average Bonchev–Trinajstić information content (AvgIpc) is 3.20. The molecule has 1 saturated carbocycles. The van der Waals surface area contributed by atoms with E-state index in [0.717, 1.165) is 42.4 Å². The van der Waals surface area contributed by atoms with Gasteiger partial charge in [-0.3, -0.25) is 0 Å². The largest absolute Gasteiger partial charge is 0.493 e. The number of rotatable bonds is 8. The van der Waals surface area contributed by atoms with Crippen LogP contribution >= 0.6 is 0 Å². The van der Waals surface area contributed by atoms with Gasteiger partial charge in [0, 0.05) is 11.6 Å². The van der Waals surface area contributed by atoms with Crippen molar-refractivity contribution in [3.05, 3.63) is 23.8 Å². The Bertz CT molecular complexity index is 372. The van der Waals surface area contributed by atoms with Crippen molar-refractivity contribution in [2.45, 2.75) is 39.2 Å². The van der Waals surface area contributed by atoms with Gasteiger partial charge in [0.05, 0.1) is 19.8 Å². The molecule has 100 valence electrons. The van der Waals surface area contributed by atoms with Crippen LogP contribution in [0.1, 0.15) is 38.2 Å². The molecule has 0 saturated heterocycles. The zero-order valence-electron chi connectivity index (χ0n) is 11.0. The van der Waals surface area contributed by atoms with Crippen LogP contribution in [0, 0.1) is 5.92 Å². The predicted molar refractivity (Wildman–Crippen MR) is 71.0 cm³/mol. The number of hydrogen-bond donors (Lipinski definition) is 1. The topological polar surface area (TPSA) is 38.7 Å². The second-order valence-electron chi connectivity index (χ2n) is 4.86. The van der Waals surface area contributed by atoms with Gasteiger partial charge in [0.1, 0.15) is 11.5 Å². The number of ether oxygens (including phenoxy) is 2. The smallest absolute Gasteiger partial charge is 0.128 e. The van der Waals surface area contributed by atoms with Gasteiger partial charge in [-0.05, 0) is 30.9 Å². The lowest BCUT2D eigenvalue weighted by molar-refractivity contribution is 0.256. The van der Waals surface area contributed by atoms with E-state index in [1.165, 1.54) is 12.8 Å². The summed E-state index contributed by atoms with van der Waals surface area (Å²) in [5.74, 6) is 2.43. The van der Waals surface area contributed by atoms with E-state index in [1.54, 1.807) is 0 Å². The molecule has 0 heterocycles. The van der Waals surface area contributed by atoms with Crippen LogP contribution < -0.4 is 9.47 Å². The fourth-order valence-corrected chi connectivity index (χ4v) is 1.85. The maximum Gasteiger partial charge on any atom is 0.128 e. The van der Waals surface area contributed by atoms with Gasteiger partial charge >= 0.3 is 0 Å². The van der Waals surface area contributed by atoms with Gasteiger partial charge in [-0.15, -0.1) is 0 Å². The second kappa shape index (κ2) is 6.64. The van der Waals surface area contributed by atoms with Gasteiger partial charge in [-0.25, -0.2) is 0 Å². The van der Waals surface area contributed by atoms with Gasteiger partial charge in [-0.1, -0.05) is 19.8 Å². The van der Waals surface area contributed by atoms with E-state index in [9.17, 15) is 5.11 Å². The summed E-state index contributed by atoms with van der Waals surface area (Å²) in [6, 6.07) is 5.64. The van der Waals surface area contributed by atoms with Gasteiger partial charge in [0.25, 0.3) is 0 Å². The molecule has 0 atom stereocenters. The van der Waals surface area contributed by atoms with Gasteiger partial charge < -0.3 is 14.6 Å². The molecular weight excluding hydrogens is 228 g/mol. The van der Waals surface area contributed by atoms with Crippen LogP contribution in [0.15, 0.2) is 18.2 Å². The summed E-state index contributed by atoms with van der Waals surface area (Å²) in [6.45, 7) is 3.52. The standard InChI is InChI=1S/C15H22O3/c1-2-8-17-14-6-5-13(11-16)15(10-14)18-9-7-12-3-4-12/h5-6,10,12,16H,2-4,7-9,11H2,1H3. The van der Waals surface area contributed by atoms with Gasteiger partial charge in [-0.2, -0.15) is 0 Å². The third kappa shape index (κ3) is 3.91. The van der Waals surface area contributed by atoms with E-state index in [1.807, 2.05) is 18.2 Å². The van der Waals surface area contributed by atoms with Crippen LogP contribution in [0.25, 0.3) is 0 Å². The second-order valence-corrected chi connectivity index (χ2v) is 4.86. The Morgan fingerprint density at radius 1 is 1.22 bits per heavy atom. The molecule has 1 N–H and O–H groups in total. The van der Waals surface area contributed by atoms with Crippen LogP contribution in [-0.2, 0) is 6.61 Å². The van der Waals surface area contributed by atoms with E-state index in [-0.39, 0.29) is 6.61 Å². The first-order valence-corrected chi connectivity index (χ1v) is 6.83. The summed E-state index contributed by atoms with van der Waals surface area (Å²) in [6.07, 6.45) is 4.79. The quantitative estimate of drug-likeness (QED) is 0.770. The first-order chi connectivity index (χ1) is 8.83. The van der Waals surface area contributed by atoms with Crippen LogP contribution in [-0.4, -0.2) is 18.3 Å². The van der Waals surface area contributed by atoms with Gasteiger partial charge in [0.15, 0.2) is 0 Å². The molecular formula is C15H22O3. The van der Waals surface area contributed by atoms with Crippen LogP contribution in [0.2, 0.25) is 0 Å². The van der Waals surface area contributed by atoms with Crippen molar-refractivity contribution in [2.75, 3.05) is 13.2 Å². The molecule has 2 rings (SSSR count). The van der Waals surface area contributed by atoms with Crippen molar-refractivity contribution in [3.63, 3.8) is 0 Å². The Morgan fingerprint density at radius 2 is 2.06 bits per heavy atom. The third-order valence-electron chi connectivity index (χ3n) is 3.16. The normalized spacial score (nSPS) is 14.6. The summed E-state index contributed by atoms with van der Waals surface area (Å²) < 4.78 is 11.3. The number of benzene rings is 1. The molecule has 3 nitrogen and oxygen atoms in total. The Morgan fingerprint density at radius 3 is 2.72 bits per heavy atom. The fraction of sp³-hybridized carbons (Fsp3) is 0.600. The Labute approximate surface area is 109 Å².